The van der Waals surface area contributed by atoms with E-state index in [2.05, 4.69) is 126 Å². The van der Waals surface area contributed by atoms with Crippen LogP contribution >= 0.6 is 0 Å². The summed E-state index contributed by atoms with van der Waals surface area (Å²) in [6.07, 6.45) is 9.35. The molecule has 1 aliphatic carbocycles. The Morgan fingerprint density at radius 2 is 1.33 bits per heavy atom. The molecule has 0 amide bonds. The van der Waals surface area contributed by atoms with Crippen molar-refractivity contribution in [3.05, 3.63) is 133 Å². The van der Waals surface area contributed by atoms with Gasteiger partial charge in [0.1, 0.15) is 17.0 Å². The molecule has 1 aliphatic rings. The SMILES string of the molecule is C1=CCC(c2nc(-c3ccc4oc5cc6ccccc6cc5c4c3)nc(-n3c4ccccc4c4ccccc43)n2)C=C1. The van der Waals surface area contributed by atoms with Crippen molar-refractivity contribution in [1.82, 2.24) is 19.5 Å². The second-order valence-corrected chi connectivity index (χ2v) is 10.9. The normalized spacial score (nSPS) is 15.1. The average Bonchev–Trinajstić information content (AvgIpc) is 3.58. The molecule has 5 nitrogen and oxygen atoms in total. The maximum atomic E-state index is 6.28. The molecule has 198 valence electrons. The number of hydrogen-bond acceptors (Lipinski definition) is 4. The summed E-state index contributed by atoms with van der Waals surface area (Å²) in [5, 5.41) is 6.84. The van der Waals surface area contributed by atoms with E-state index in [4.69, 9.17) is 19.4 Å². The van der Waals surface area contributed by atoms with Crippen LogP contribution in [0.4, 0.5) is 0 Å². The van der Waals surface area contributed by atoms with Crippen LogP contribution in [0.25, 0.3) is 71.9 Å². The van der Waals surface area contributed by atoms with Crippen LogP contribution in [0.5, 0.6) is 0 Å². The third kappa shape index (κ3) is 3.53. The molecule has 1 unspecified atom stereocenters. The molecular formula is C37H24N4O. The van der Waals surface area contributed by atoms with Gasteiger partial charge < -0.3 is 4.42 Å². The molecule has 42 heavy (non-hydrogen) atoms. The molecule has 8 aromatic rings. The Hall–Kier alpha value is -5.55. The smallest absolute Gasteiger partial charge is 0.238 e. The molecule has 1 atom stereocenters. The van der Waals surface area contributed by atoms with Gasteiger partial charge in [-0.05, 0) is 59.7 Å². The summed E-state index contributed by atoms with van der Waals surface area (Å²) in [6.45, 7) is 0. The van der Waals surface area contributed by atoms with Gasteiger partial charge in [0.25, 0.3) is 0 Å². The van der Waals surface area contributed by atoms with Crippen molar-refractivity contribution in [2.45, 2.75) is 12.3 Å². The number of para-hydroxylation sites is 2. The lowest BCUT2D eigenvalue weighted by Gasteiger charge is -2.15. The van der Waals surface area contributed by atoms with Crippen molar-refractivity contribution in [3.63, 3.8) is 0 Å². The highest BCUT2D eigenvalue weighted by molar-refractivity contribution is 6.11. The maximum Gasteiger partial charge on any atom is 0.238 e. The molecule has 0 N–H and O–H groups in total. The van der Waals surface area contributed by atoms with Gasteiger partial charge in [0.2, 0.25) is 5.95 Å². The van der Waals surface area contributed by atoms with E-state index < -0.39 is 0 Å². The van der Waals surface area contributed by atoms with E-state index >= 15 is 0 Å². The van der Waals surface area contributed by atoms with Crippen molar-refractivity contribution in [1.29, 1.82) is 0 Å². The Kier molecular flexibility index (Phi) is 4.96. The Morgan fingerprint density at radius 1 is 0.619 bits per heavy atom. The molecule has 0 saturated heterocycles. The number of furan rings is 1. The summed E-state index contributed by atoms with van der Waals surface area (Å²) in [6, 6.07) is 35.8. The number of rotatable bonds is 3. The molecule has 0 spiro atoms. The second kappa shape index (κ2) is 8.98. The number of benzene rings is 5. The van der Waals surface area contributed by atoms with Crippen LogP contribution in [0, 0.1) is 0 Å². The van der Waals surface area contributed by atoms with Gasteiger partial charge in [0, 0.05) is 33.0 Å². The van der Waals surface area contributed by atoms with E-state index in [1.165, 1.54) is 16.2 Å². The van der Waals surface area contributed by atoms with Gasteiger partial charge in [0.05, 0.1) is 11.0 Å². The summed E-state index contributed by atoms with van der Waals surface area (Å²) in [7, 11) is 0. The van der Waals surface area contributed by atoms with Crippen LogP contribution in [0.1, 0.15) is 18.2 Å². The van der Waals surface area contributed by atoms with Gasteiger partial charge in [-0.2, -0.15) is 9.97 Å². The highest BCUT2D eigenvalue weighted by Gasteiger charge is 2.20. The van der Waals surface area contributed by atoms with Gasteiger partial charge in [-0.3, -0.25) is 4.57 Å². The van der Waals surface area contributed by atoms with Gasteiger partial charge in [-0.25, -0.2) is 4.98 Å². The van der Waals surface area contributed by atoms with Crippen molar-refractivity contribution < 1.29 is 4.42 Å². The van der Waals surface area contributed by atoms with Crippen LogP contribution in [-0.4, -0.2) is 19.5 Å². The molecular weight excluding hydrogens is 516 g/mol. The van der Waals surface area contributed by atoms with Crippen LogP contribution < -0.4 is 0 Å². The van der Waals surface area contributed by atoms with Gasteiger partial charge >= 0.3 is 0 Å². The number of hydrogen-bond donors (Lipinski definition) is 0. The van der Waals surface area contributed by atoms with Gasteiger partial charge in [-0.1, -0.05) is 85.0 Å². The Morgan fingerprint density at radius 3 is 2.10 bits per heavy atom. The number of allylic oxidation sites excluding steroid dienone is 4. The van der Waals surface area contributed by atoms with Crippen LogP contribution in [0.15, 0.2) is 132 Å². The quantitative estimate of drug-likeness (QED) is 0.224. The minimum atomic E-state index is 0.0773. The minimum Gasteiger partial charge on any atom is -0.456 e. The fourth-order valence-electron chi connectivity index (χ4n) is 6.29. The van der Waals surface area contributed by atoms with E-state index in [1.807, 2.05) is 6.07 Å². The van der Waals surface area contributed by atoms with Crippen molar-refractivity contribution in [2.75, 3.05) is 0 Å². The van der Waals surface area contributed by atoms with Crippen LogP contribution in [0.3, 0.4) is 0 Å². The van der Waals surface area contributed by atoms with Crippen molar-refractivity contribution in [2.24, 2.45) is 0 Å². The summed E-state index contributed by atoms with van der Waals surface area (Å²) < 4.78 is 8.44. The third-order valence-corrected chi connectivity index (χ3v) is 8.33. The Balaban J connectivity index is 1.30. The first-order valence-electron chi connectivity index (χ1n) is 14.2. The van der Waals surface area contributed by atoms with E-state index in [-0.39, 0.29) is 5.92 Å². The first kappa shape index (κ1) is 23.2. The van der Waals surface area contributed by atoms with Crippen molar-refractivity contribution in [3.8, 4) is 17.3 Å². The predicted octanol–water partition coefficient (Wildman–Crippen LogP) is 9.29. The van der Waals surface area contributed by atoms with Crippen molar-refractivity contribution >= 4 is 54.5 Å². The molecule has 5 aromatic carbocycles. The maximum absolute atomic E-state index is 6.28. The number of nitrogens with zero attached hydrogens (tertiary/aromatic N) is 4. The van der Waals surface area contributed by atoms with E-state index in [9.17, 15) is 0 Å². The average molecular weight is 541 g/mol. The first-order chi connectivity index (χ1) is 20.8. The lowest BCUT2D eigenvalue weighted by atomic mass is 10.00. The molecule has 0 aliphatic heterocycles. The van der Waals surface area contributed by atoms with E-state index in [0.717, 1.165) is 56.2 Å². The van der Waals surface area contributed by atoms with Gasteiger partial charge in [-0.15, -0.1) is 0 Å². The first-order valence-corrected chi connectivity index (χ1v) is 14.2. The lowest BCUT2D eigenvalue weighted by molar-refractivity contribution is 0.669. The molecule has 0 bridgehead atoms. The molecule has 3 heterocycles. The fraction of sp³-hybridized carbons (Fsp3) is 0.0541. The zero-order valence-electron chi connectivity index (χ0n) is 22.6. The third-order valence-electron chi connectivity index (χ3n) is 8.33. The Bertz CT molecular complexity index is 2360. The zero-order chi connectivity index (χ0) is 27.6. The number of fused-ring (bicyclic) bond motifs is 7. The van der Waals surface area contributed by atoms with Crippen LogP contribution in [0.2, 0.25) is 0 Å². The zero-order valence-corrected chi connectivity index (χ0v) is 22.6. The summed E-state index contributed by atoms with van der Waals surface area (Å²) in [5.74, 6) is 2.12. The monoisotopic (exact) mass is 540 g/mol. The molecule has 5 heteroatoms. The van der Waals surface area contributed by atoms with E-state index in [1.54, 1.807) is 0 Å². The second-order valence-electron chi connectivity index (χ2n) is 10.9. The minimum absolute atomic E-state index is 0.0773. The highest BCUT2D eigenvalue weighted by Crippen LogP contribution is 2.36. The summed E-state index contributed by atoms with van der Waals surface area (Å²) in [4.78, 5) is 15.3. The topological polar surface area (TPSA) is 56.7 Å². The molecule has 0 saturated carbocycles. The van der Waals surface area contributed by atoms with Crippen LogP contribution in [-0.2, 0) is 0 Å². The Labute approximate surface area is 241 Å². The predicted molar refractivity (Wildman–Crippen MR) is 170 cm³/mol. The highest BCUT2D eigenvalue weighted by atomic mass is 16.3. The molecule has 0 fully saturated rings. The summed E-state index contributed by atoms with van der Waals surface area (Å²) in [5.41, 5.74) is 4.80. The van der Waals surface area contributed by atoms with E-state index in [0.29, 0.717) is 11.8 Å². The molecule has 0 radical (unpaired) electrons. The molecule has 9 rings (SSSR count). The largest absolute Gasteiger partial charge is 0.456 e. The van der Waals surface area contributed by atoms with Gasteiger partial charge in [0.15, 0.2) is 5.82 Å². The standard InChI is InChI=1S/C37H24N4O/c1-2-10-23(11-3-1)35-38-36(40-37(39-35)41-31-16-8-6-14-27(31)28-15-7-9-17-32(28)41)26-18-19-33-29(21-26)30-20-24-12-4-5-13-25(24)22-34(30)42-33/h1-10,12-23H,11H2. The summed E-state index contributed by atoms with van der Waals surface area (Å²) >= 11 is 0. The number of aromatic nitrogens is 4. The fourth-order valence-corrected chi connectivity index (χ4v) is 6.29. The lowest BCUT2D eigenvalue weighted by Crippen LogP contribution is -2.11. The molecule has 3 aromatic heterocycles.